The number of amides is 1. The highest BCUT2D eigenvalue weighted by atomic mass is 19.1. The zero-order valence-electron chi connectivity index (χ0n) is 14.5. The quantitative estimate of drug-likeness (QED) is 0.839. The van der Waals surface area contributed by atoms with Crippen molar-refractivity contribution in [3.05, 3.63) is 52.7 Å². The van der Waals surface area contributed by atoms with Crippen molar-refractivity contribution in [1.29, 1.82) is 0 Å². The average molecular weight is 348 g/mol. The van der Waals surface area contributed by atoms with Crippen molar-refractivity contribution < 1.29 is 23.3 Å². The van der Waals surface area contributed by atoms with E-state index in [0.717, 1.165) is 18.7 Å². The molecule has 3 rings (SSSR count). The second kappa shape index (κ2) is 7.76. The van der Waals surface area contributed by atoms with E-state index >= 15 is 0 Å². The molecule has 1 fully saturated rings. The molecule has 0 radical (unpaired) electrons. The summed E-state index contributed by atoms with van der Waals surface area (Å²) >= 11 is 0. The Morgan fingerprint density at radius 1 is 1.28 bits per heavy atom. The molecule has 134 valence electrons. The third-order valence-corrected chi connectivity index (χ3v) is 4.63. The lowest BCUT2D eigenvalue weighted by Gasteiger charge is -2.32. The number of carbonyl (C=O) groups excluding carboxylic acids is 1. The van der Waals surface area contributed by atoms with Crippen LogP contribution in [0.5, 0.6) is 0 Å². The van der Waals surface area contributed by atoms with Gasteiger partial charge in [0.1, 0.15) is 36.3 Å². The van der Waals surface area contributed by atoms with E-state index in [2.05, 4.69) is 10.5 Å². The maximum Gasteiger partial charge on any atom is 0.257 e. The van der Waals surface area contributed by atoms with Crippen LogP contribution in [0.2, 0.25) is 0 Å². The molecule has 0 bridgehead atoms. The van der Waals surface area contributed by atoms with E-state index in [4.69, 9.17) is 9.26 Å². The van der Waals surface area contributed by atoms with E-state index in [1.165, 1.54) is 17.0 Å². The molecule has 0 unspecified atom stereocenters. The molecule has 2 N–H and O–H groups in total. The summed E-state index contributed by atoms with van der Waals surface area (Å²) in [5.41, 5.74) is 2.05. The van der Waals surface area contributed by atoms with Crippen LogP contribution in [0.1, 0.15) is 33.4 Å². The van der Waals surface area contributed by atoms with Gasteiger partial charge in [0.05, 0.1) is 25.5 Å². The normalized spacial score (nSPS) is 16.6. The SMILES string of the molecule is Cc1noc(C)c1C(=O)NC[C@@H](c1ccc(F)cc1)[NH+]1CCOCC1. The van der Waals surface area contributed by atoms with Gasteiger partial charge in [0.15, 0.2) is 0 Å². The molecule has 1 aromatic heterocycles. The molecule has 6 nitrogen and oxygen atoms in total. The Balaban J connectivity index is 1.75. The van der Waals surface area contributed by atoms with Gasteiger partial charge in [-0.15, -0.1) is 0 Å². The van der Waals surface area contributed by atoms with Crippen molar-refractivity contribution in [2.24, 2.45) is 0 Å². The number of morpholine rings is 1. The number of quaternary nitrogens is 1. The summed E-state index contributed by atoms with van der Waals surface area (Å²) in [5, 5.41) is 6.81. The van der Waals surface area contributed by atoms with Crippen molar-refractivity contribution >= 4 is 5.91 Å². The van der Waals surface area contributed by atoms with Crippen molar-refractivity contribution in [3.63, 3.8) is 0 Å². The molecule has 1 aromatic carbocycles. The van der Waals surface area contributed by atoms with Gasteiger partial charge in [-0.2, -0.15) is 0 Å². The minimum atomic E-state index is -0.265. The molecule has 1 aliphatic heterocycles. The molecule has 0 saturated carbocycles. The number of nitrogens with one attached hydrogen (secondary N) is 2. The van der Waals surface area contributed by atoms with Gasteiger partial charge >= 0.3 is 0 Å². The predicted octanol–water partition coefficient (Wildman–Crippen LogP) is 0.817. The number of nitrogens with zero attached hydrogens (tertiary/aromatic N) is 1. The van der Waals surface area contributed by atoms with Crippen LogP contribution in [0.15, 0.2) is 28.8 Å². The van der Waals surface area contributed by atoms with Crippen LogP contribution >= 0.6 is 0 Å². The standard InChI is InChI=1S/C18H22FN3O3/c1-12-17(13(2)25-21-12)18(23)20-11-16(22-7-9-24-10-8-22)14-3-5-15(19)6-4-14/h3-6,16H,7-11H2,1-2H3,(H,20,23)/p+1/t16-/m0/s1. The number of aryl methyl sites for hydroxylation is 2. The van der Waals surface area contributed by atoms with Gasteiger partial charge in [0.2, 0.25) is 0 Å². The van der Waals surface area contributed by atoms with E-state index in [0.29, 0.717) is 36.8 Å². The highest BCUT2D eigenvalue weighted by molar-refractivity contribution is 5.96. The van der Waals surface area contributed by atoms with Gasteiger partial charge in [0, 0.05) is 5.56 Å². The average Bonchev–Trinajstić information content (AvgIpc) is 2.96. The number of halogens is 1. The number of rotatable bonds is 5. The highest BCUT2D eigenvalue weighted by Gasteiger charge is 2.28. The molecule has 25 heavy (non-hydrogen) atoms. The molecule has 1 amide bonds. The third-order valence-electron chi connectivity index (χ3n) is 4.63. The zero-order chi connectivity index (χ0) is 17.8. The molecular formula is C18H23FN3O3+. The molecular weight excluding hydrogens is 325 g/mol. The monoisotopic (exact) mass is 348 g/mol. The van der Waals surface area contributed by atoms with Crippen molar-refractivity contribution in [1.82, 2.24) is 10.5 Å². The van der Waals surface area contributed by atoms with E-state index in [1.54, 1.807) is 26.0 Å². The fourth-order valence-corrected chi connectivity index (χ4v) is 3.27. The summed E-state index contributed by atoms with van der Waals surface area (Å²) in [6, 6.07) is 6.51. The van der Waals surface area contributed by atoms with Gasteiger partial charge in [-0.1, -0.05) is 17.3 Å². The van der Waals surface area contributed by atoms with Crippen LogP contribution in [0.25, 0.3) is 0 Å². The number of hydrogen-bond acceptors (Lipinski definition) is 4. The first-order valence-electron chi connectivity index (χ1n) is 8.45. The highest BCUT2D eigenvalue weighted by Crippen LogP contribution is 2.14. The first kappa shape index (κ1) is 17.6. The topological polar surface area (TPSA) is 68.8 Å². The largest absolute Gasteiger partial charge is 0.370 e. The predicted molar refractivity (Wildman–Crippen MR) is 89.0 cm³/mol. The summed E-state index contributed by atoms with van der Waals surface area (Å²) in [7, 11) is 0. The Hall–Kier alpha value is -2.25. The van der Waals surface area contributed by atoms with Crippen LogP contribution in [-0.4, -0.2) is 43.9 Å². The minimum Gasteiger partial charge on any atom is -0.370 e. The molecule has 1 aliphatic rings. The van der Waals surface area contributed by atoms with E-state index in [-0.39, 0.29) is 17.8 Å². The van der Waals surface area contributed by atoms with Crippen molar-refractivity contribution in [2.45, 2.75) is 19.9 Å². The maximum absolute atomic E-state index is 13.3. The van der Waals surface area contributed by atoms with Crippen LogP contribution in [0.4, 0.5) is 4.39 Å². The molecule has 0 spiro atoms. The van der Waals surface area contributed by atoms with E-state index < -0.39 is 0 Å². The maximum atomic E-state index is 13.3. The van der Waals surface area contributed by atoms with Crippen LogP contribution in [-0.2, 0) is 4.74 Å². The number of ether oxygens (including phenoxy) is 1. The number of benzene rings is 1. The van der Waals surface area contributed by atoms with Gasteiger partial charge in [-0.3, -0.25) is 4.79 Å². The Morgan fingerprint density at radius 2 is 1.96 bits per heavy atom. The van der Waals surface area contributed by atoms with E-state index in [9.17, 15) is 9.18 Å². The summed E-state index contributed by atoms with van der Waals surface area (Å²) in [6.45, 7) is 6.99. The zero-order valence-corrected chi connectivity index (χ0v) is 14.5. The lowest BCUT2D eigenvalue weighted by Crippen LogP contribution is -3.15. The molecule has 0 aliphatic carbocycles. The van der Waals surface area contributed by atoms with Crippen LogP contribution < -0.4 is 10.2 Å². The summed E-state index contributed by atoms with van der Waals surface area (Å²) in [5.74, 6) is 0.0438. The van der Waals surface area contributed by atoms with Crippen molar-refractivity contribution in [3.8, 4) is 0 Å². The third kappa shape index (κ3) is 4.05. The van der Waals surface area contributed by atoms with Crippen LogP contribution in [0.3, 0.4) is 0 Å². The fraction of sp³-hybridized carbons (Fsp3) is 0.444. The lowest BCUT2D eigenvalue weighted by molar-refractivity contribution is -0.937. The van der Waals surface area contributed by atoms with Gasteiger partial charge < -0.3 is 19.5 Å². The number of hydrogen-bond donors (Lipinski definition) is 2. The van der Waals surface area contributed by atoms with Crippen LogP contribution in [0, 0.1) is 19.7 Å². The molecule has 1 saturated heterocycles. The Labute approximate surface area is 145 Å². The number of carbonyl (C=O) groups is 1. The second-order valence-electron chi connectivity index (χ2n) is 6.28. The first-order chi connectivity index (χ1) is 12.1. The van der Waals surface area contributed by atoms with Gasteiger partial charge in [0.25, 0.3) is 5.91 Å². The van der Waals surface area contributed by atoms with Gasteiger partial charge in [-0.05, 0) is 26.0 Å². The first-order valence-corrected chi connectivity index (χ1v) is 8.45. The summed E-state index contributed by atoms with van der Waals surface area (Å²) in [4.78, 5) is 13.8. The Kier molecular flexibility index (Phi) is 5.45. The fourth-order valence-electron chi connectivity index (χ4n) is 3.27. The molecule has 2 heterocycles. The molecule has 2 aromatic rings. The Bertz CT molecular complexity index is 704. The molecule has 1 atom stereocenters. The molecule has 7 heteroatoms. The summed E-state index contributed by atoms with van der Waals surface area (Å²) < 4.78 is 23.8. The Morgan fingerprint density at radius 3 is 2.56 bits per heavy atom. The second-order valence-corrected chi connectivity index (χ2v) is 6.28. The van der Waals surface area contributed by atoms with Gasteiger partial charge in [-0.25, -0.2) is 4.39 Å². The minimum absolute atomic E-state index is 0.0360. The summed E-state index contributed by atoms with van der Waals surface area (Å²) in [6.07, 6.45) is 0. The van der Waals surface area contributed by atoms with E-state index in [1.807, 2.05) is 0 Å². The smallest absolute Gasteiger partial charge is 0.257 e. The lowest BCUT2D eigenvalue weighted by atomic mass is 10.0. The van der Waals surface area contributed by atoms with Crippen molar-refractivity contribution in [2.75, 3.05) is 32.8 Å². The number of aromatic nitrogens is 1.